The van der Waals surface area contributed by atoms with Crippen LogP contribution in [0, 0.1) is 5.92 Å². The lowest BCUT2D eigenvalue weighted by molar-refractivity contribution is 0.247. The summed E-state index contributed by atoms with van der Waals surface area (Å²) in [6.45, 7) is 9.97. The first-order chi connectivity index (χ1) is 8.52. The van der Waals surface area contributed by atoms with Crippen molar-refractivity contribution in [2.75, 3.05) is 19.6 Å². The summed E-state index contributed by atoms with van der Waals surface area (Å²) in [7, 11) is 0. The Morgan fingerprint density at radius 1 is 1.33 bits per heavy atom. The van der Waals surface area contributed by atoms with Crippen molar-refractivity contribution in [3.8, 4) is 0 Å². The van der Waals surface area contributed by atoms with Crippen molar-refractivity contribution in [3.05, 3.63) is 34.9 Å². The fraction of sp³-hybridized carbons (Fsp3) is 0.600. The third-order valence-electron chi connectivity index (χ3n) is 3.10. The van der Waals surface area contributed by atoms with Gasteiger partial charge in [-0.3, -0.25) is 0 Å². The van der Waals surface area contributed by atoms with Gasteiger partial charge in [-0.2, -0.15) is 0 Å². The number of nitrogens with zero attached hydrogens (tertiary/aromatic N) is 1. The molecule has 0 saturated heterocycles. The van der Waals surface area contributed by atoms with E-state index in [2.05, 4.69) is 31.7 Å². The highest BCUT2D eigenvalue weighted by atomic mass is 35.5. The van der Waals surface area contributed by atoms with Crippen molar-refractivity contribution in [2.24, 2.45) is 11.7 Å². The normalized spacial score (nSPS) is 13.3. The van der Waals surface area contributed by atoms with Crippen molar-refractivity contribution in [2.45, 2.75) is 33.2 Å². The highest BCUT2D eigenvalue weighted by molar-refractivity contribution is 6.30. The molecule has 1 aromatic carbocycles. The highest BCUT2D eigenvalue weighted by Gasteiger charge is 2.10. The van der Waals surface area contributed by atoms with Crippen LogP contribution in [0.3, 0.4) is 0 Å². The summed E-state index contributed by atoms with van der Waals surface area (Å²) in [4.78, 5) is 2.45. The highest BCUT2D eigenvalue weighted by Crippen LogP contribution is 2.18. The number of benzene rings is 1. The minimum Gasteiger partial charge on any atom is -0.324 e. The zero-order valence-corrected chi connectivity index (χ0v) is 12.5. The average molecular weight is 269 g/mol. The van der Waals surface area contributed by atoms with Gasteiger partial charge in [-0.25, -0.2) is 0 Å². The van der Waals surface area contributed by atoms with Gasteiger partial charge in [0.25, 0.3) is 0 Å². The summed E-state index contributed by atoms with van der Waals surface area (Å²) < 4.78 is 0. The van der Waals surface area contributed by atoms with E-state index >= 15 is 0 Å². The average Bonchev–Trinajstić information content (AvgIpc) is 2.33. The lowest BCUT2D eigenvalue weighted by Gasteiger charge is -2.24. The van der Waals surface area contributed by atoms with Crippen LogP contribution in [-0.2, 0) is 0 Å². The molecule has 3 heteroatoms. The van der Waals surface area contributed by atoms with Gasteiger partial charge in [0.2, 0.25) is 0 Å². The van der Waals surface area contributed by atoms with Crippen LogP contribution in [0.2, 0.25) is 5.02 Å². The number of hydrogen-bond donors (Lipinski definition) is 1. The molecule has 0 fully saturated rings. The molecule has 1 unspecified atom stereocenters. The Morgan fingerprint density at radius 2 is 2.06 bits per heavy atom. The summed E-state index contributed by atoms with van der Waals surface area (Å²) >= 11 is 5.98. The molecule has 2 N–H and O–H groups in total. The van der Waals surface area contributed by atoms with Crippen molar-refractivity contribution in [1.29, 1.82) is 0 Å². The van der Waals surface area contributed by atoms with E-state index in [0.29, 0.717) is 5.92 Å². The first-order valence-electron chi connectivity index (χ1n) is 6.76. The topological polar surface area (TPSA) is 29.3 Å². The van der Waals surface area contributed by atoms with Crippen molar-refractivity contribution in [1.82, 2.24) is 4.90 Å². The maximum Gasteiger partial charge on any atom is 0.0409 e. The van der Waals surface area contributed by atoms with E-state index in [1.807, 2.05) is 18.2 Å². The largest absolute Gasteiger partial charge is 0.324 e. The molecule has 0 bridgehead atoms. The van der Waals surface area contributed by atoms with Crippen LogP contribution in [-0.4, -0.2) is 24.5 Å². The summed E-state index contributed by atoms with van der Waals surface area (Å²) in [6, 6.07) is 7.93. The molecule has 0 aromatic heterocycles. The maximum absolute atomic E-state index is 6.21. The molecule has 1 aromatic rings. The molecule has 0 amide bonds. The van der Waals surface area contributed by atoms with E-state index in [1.165, 1.54) is 0 Å². The van der Waals surface area contributed by atoms with Gasteiger partial charge in [-0.05, 0) is 43.1 Å². The summed E-state index contributed by atoms with van der Waals surface area (Å²) in [5.74, 6) is 0.701. The molecule has 0 aliphatic rings. The Morgan fingerprint density at radius 3 is 2.61 bits per heavy atom. The second-order valence-electron chi connectivity index (χ2n) is 5.24. The monoisotopic (exact) mass is 268 g/mol. The van der Waals surface area contributed by atoms with Crippen molar-refractivity contribution < 1.29 is 0 Å². The van der Waals surface area contributed by atoms with Gasteiger partial charge in [0.1, 0.15) is 0 Å². The molecular weight excluding hydrogens is 244 g/mol. The van der Waals surface area contributed by atoms with Gasteiger partial charge < -0.3 is 10.6 Å². The molecule has 18 heavy (non-hydrogen) atoms. The van der Waals surface area contributed by atoms with Crippen LogP contribution >= 0.6 is 11.6 Å². The molecule has 102 valence electrons. The van der Waals surface area contributed by atoms with E-state index in [9.17, 15) is 0 Å². The van der Waals surface area contributed by atoms with Crippen LogP contribution in [0.15, 0.2) is 24.3 Å². The Balaban J connectivity index is 2.47. The number of halogens is 1. The van der Waals surface area contributed by atoms with E-state index in [0.717, 1.165) is 36.6 Å². The van der Waals surface area contributed by atoms with Crippen LogP contribution in [0.4, 0.5) is 0 Å². The minimum absolute atomic E-state index is 0.0740. The molecule has 0 heterocycles. The van der Waals surface area contributed by atoms with Crippen LogP contribution < -0.4 is 5.73 Å². The molecule has 0 radical (unpaired) electrons. The summed E-state index contributed by atoms with van der Waals surface area (Å²) in [6.07, 6.45) is 0.973. The maximum atomic E-state index is 6.21. The van der Waals surface area contributed by atoms with Gasteiger partial charge >= 0.3 is 0 Å². The molecule has 1 atom stereocenters. The molecule has 2 nitrogen and oxygen atoms in total. The van der Waals surface area contributed by atoms with E-state index < -0.39 is 0 Å². The fourth-order valence-corrected chi connectivity index (χ4v) is 2.32. The predicted molar refractivity (Wildman–Crippen MR) is 79.9 cm³/mol. The minimum atomic E-state index is 0.0740. The molecule has 1 rings (SSSR count). The second-order valence-corrected chi connectivity index (χ2v) is 5.67. The smallest absolute Gasteiger partial charge is 0.0409 e. The quantitative estimate of drug-likeness (QED) is 0.817. The zero-order chi connectivity index (χ0) is 13.5. The van der Waals surface area contributed by atoms with Crippen LogP contribution in [0.5, 0.6) is 0 Å². The van der Waals surface area contributed by atoms with E-state index in [4.69, 9.17) is 17.3 Å². The number of rotatable bonds is 7. The first-order valence-corrected chi connectivity index (χ1v) is 7.14. The van der Waals surface area contributed by atoms with Gasteiger partial charge in [0.05, 0.1) is 0 Å². The lowest BCUT2D eigenvalue weighted by atomic mass is 10.0. The molecular formula is C15H25ClN2. The van der Waals surface area contributed by atoms with Gasteiger partial charge in [-0.15, -0.1) is 0 Å². The molecule has 0 saturated carbocycles. The Bertz CT molecular complexity index is 352. The molecule has 0 aliphatic heterocycles. The van der Waals surface area contributed by atoms with E-state index in [-0.39, 0.29) is 6.04 Å². The Hall–Kier alpha value is -0.570. The fourth-order valence-electron chi connectivity index (χ4n) is 2.12. The van der Waals surface area contributed by atoms with Gasteiger partial charge in [-0.1, -0.05) is 44.5 Å². The predicted octanol–water partition coefficient (Wildman–Crippen LogP) is 3.71. The van der Waals surface area contributed by atoms with Crippen LogP contribution in [0.1, 0.15) is 38.8 Å². The Kier molecular flexibility index (Phi) is 6.69. The lowest BCUT2D eigenvalue weighted by Crippen LogP contribution is -2.30. The number of nitrogens with two attached hydrogens (primary N) is 1. The summed E-state index contributed by atoms with van der Waals surface area (Å²) in [5.41, 5.74) is 7.34. The van der Waals surface area contributed by atoms with Crippen molar-refractivity contribution >= 4 is 11.6 Å². The molecule has 0 spiro atoms. The van der Waals surface area contributed by atoms with Gasteiger partial charge in [0.15, 0.2) is 0 Å². The molecule has 0 aliphatic carbocycles. The third-order valence-corrected chi connectivity index (χ3v) is 3.34. The van der Waals surface area contributed by atoms with Crippen LogP contribution in [0.25, 0.3) is 0 Å². The zero-order valence-electron chi connectivity index (χ0n) is 11.7. The Labute approximate surface area is 116 Å². The second kappa shape index (κ2) is 7.78. The number of hydrogen-bond acceptors (Lipinski definition) is 2. The van der Waals surface area contributed by atoms with Crippen molar-refractivity contribution in [3.63, 3.8) is 0 Å². The summed E-state index contributed by atoms with van der Waals surface area (Å²) in [5, 5.41) is 0.762. The van der Waals surface area contributed by atoms with Gasteiger partial charge in [0, 0.05) is 17.6 Å². The SMILES string of the molecule is CCN(CCC(N)c1cccc(Cl)c1)CC(C)C. The van der Waals surface area contributed by atoms with E-state index in [1.54, 1.807) is 0 Å². The third kappa shape index (κ3) is 5.38. The first kappa shape index (κ1) is 15.5. The standard InChI is InChI=1S/C15H25ClN2/c1-4-18(11-12(2)3)9-8-15(17)13-6-5-7-14(16)10-13/h5-7,10,12,15H,4,8-9,11,17H2,1-3H3.